The molecular weight excluding hydrogens is 310 g/mol. The van der Waals surface area contributed by atoms with Gasteiger partial charge in [-0.05, 0) is 25.7 Å². The van der Waals surface area contributed by atoms with Crippen LogP contribution in [0.1, 0.15) is 51.8 Å². The molecule has 0 bridgehead atoms. The summed E-state index contributed by atoms with van der Waals surface area (Å²) in [4.78, 5) is 29.2. The van der Waals surface area contributed by atoms with Crippen LogP contribution in [0.5, 0.6) is 0 Å². The van der Waals surface area contributed by atoms with Gasteiger partial charge >= 0.3 is 5.97 Å². The molecule has 1 aliphatic heterocycles. The van der Waals surface area contributed by atoms with Crippen molar-refractivity contribution in [2.24, 2.45) is 5.92 Å². The van der Waals surface area contributed by atoms with Crippen molar-refractivity contribution < 1.29 is 19.1 Å². The van der Waals surface area contributed by atoms with E-state index in [1.807, 2.05) is 11.8 Å². The van der Waals surface area contributed by atoms with Gasteiger partial charge in [0, 0.05) is 26.1 Å². The van der Waals surface area contributed by atoms with Crippen molar-refractivity contribution in [2.75, 3.05) is 13.1 Å². The van der Waals surface area contributed by atoms with E-state index in [0.29, 0.717) is 25.4 Å². The van der Waals surface area contributed by atoms with Gasteiger partial charge in [-0.1, -0.05) is 13.3 Å². The molecule has 1 aromatic rings. The Morgan fingerprint density at radius 3 is 2.83 bits per heavy atom. The Bertz CT molecular complexity index is 546. The average molecular weight is 337 g/mol. The second-order valence-corrected chi connectivity index (χ2v) is 6.65. The molecule has 4 atom stereocenters. The molecule has 7 nitrogen and oxygen atoms in total. The van der Waals surface area contributed by atoms with Gasteiger partial charge in [-0.2, -0.15) is 0 Å². The lowest BCUT2D eigenvalue weighted by molar-refractivity contribution is -0.142. The summed E-state index contributed by atoms with van der Waals surface area (Å²) in [5, 5.41) is 12.5. The lowest BCUT2D eigenvalue weighted by Gasteiger charge is -2.30. The summed E-state index contributed by atoms with van der Waals surface area (Å²) < 4.78 is 5.36. The number of hydrogen-bond acceptors (Lipinski definition) is 5. The predicted octanol–water partition coefficient (Wildman–Crippen LogP) is 1.86. The number of carboxylic acid groups (broad SMARTS) is 1. The molecule has 24 heavy (non-hydrogen) atoms. The van der Waals surface area contributed by atoms with Crippen LogP contribution in [0.25, 0.3) is 0 Å². The molecule has 3 unspecified atom stereocenters. The fourth-order valence-electron chi connectivity index (χ4n) is 3.59. The summed E-state index contributed by atoms with van der Waals surface area (Å²) in [5.74, 6) is -0.0573. The predicted molar refractivity (Wildman–Crippen MR) is 88.5 cm³/mol. The molecule has 1 aromatic heterocycles. The Hall–Kier alpha value is -1.89. The monoisotopic (exact) mass is 337 g/mol. The minimum atomic E-state index is -0.813. The summed E-state index contributed by atoms with van der Waals surface area (Å²) in [7, 11) is 0. The third-order valence-electron chi connectivity index (χ3n) is 4.76. The van der Waals surface area contributed by atoms with E-state index in [4.69, 9.17) is 4.42 Å². The first-order valence-corrected chi connectivity index (χ1v) is 8.55. The summed E-state index contributed by atoms with van der Waals surface area (Å²) in [6, 6.07) is -0.525. The van der Waals surface area contributed by atoms with Crippen molar-refractivity contribution >= 4 is 11.9 Å². The van der Waals surface area contributed by atoms with Crippen LogP contribution in [0.4, 0.5) is 0 Å². The van der Waals surface area contributed by atoms with E-state index in [2.05, 4.69) is 17.2 Å². The van der Waals surface area contributed by atoms with Gasteiger partial charge in [0.25, 0.3) is 0 Å². The molecule has 7 heteroatoms. The van der Waals surface area contributed by atoms with Crippen LogP contribution < -0.4 is 5.32 Å². The molecule has 0 radical (unpaired) electrons. The quantitative estimate of drug-likeness (QED) is 0.752. The number of aromatic nitrogens is 1. The first kappa shape index (κ1) is 18.4. The van der Waals surface area contributed by atoms with Gasteiger partial charge in [-0.3, -0.25) is 14.5 Å². The number of hydrogen-bond donors (Lipinski definition) is 2. The van der Waals surface area contributed by atoms with Crippen molar-refractivity contribution in [1.29, 1.82) is 0 Å². The van der Waals surface area contributed by atoms with Gasteiger partial charge in [-0.15, -0.1) is 0 Å². The van der Waals surface area contributed by atoms with Gasteiger partial charge in [0.2, 0.25) is 5.91 Å². The number of nitrogens with zero attached hydrogens (tertiary/aromatic N) is 2. The van der Waals surface area contributed by atoms with Crippen molar-refractivity contribution in [2.45, 2.75) is 58.0 Å². The van der Waals surface area contributed by atoms with Gasteiger partial charge in [0.15, 0.2) is 5.89 Å². The minimum absolute atomic E-state index is 0.000510. The molecule has 134 valence electrons. The summed E-state index contributed by atoms with van der Waals surface area (Å²) in [6.07, 6.45) is 5.54. The lowest BCUT2D eigenvalue weighted by atomic mass is 9.95. The zero-order valence-electron chi connectivity index (χ0n) is 14.6. The number of oxazole rings is 1. The molecule has 2 rings (SSSR count). The number of amides is 1. The summed E-state index contributed by atoms with van der Waals surface area (Å²) in [6.45, 7) is 6.85. The van der Waals surface area contributed by atoms with E-state index < -0.39 is 12.0 Å². The van der Waals surface area contributed by atoms with Gasteiger partial charge < -0.3 is 14.8 Å². The number of carbonyl (C=O) groups is 2. The highest BCUT2D eigenvalue weighted by atomic mass is 16.4. The average Bonchev–Trinajstić information content (AvgIpc) is 3.15. The molecule has 0 aliphatic carbocycles. The number of likely N-dealkylation sites (tertiary alicyclic amines) is 1. The molecule has 1 fully saturated rings. The number of nitrogens with one attached hydrogen (secondary N) is 1. The highest BCUT2D eigenvalue weighted by Gasteiger charge is 2.40. The molecule has 2 heterocycles. The highest BCUT2D eigenvalue weighted by molar-refractivity contribution is 5.74. The smallest absolute Gasteiger partial charge is 0.320 e. The normalized spacial score (nSPS) is 23.8. The van der Waals surface area contributed by atoms with Gasteiger partial charge in [0.05, 0.1) is 12.1 Å². The zero-order valence-corrected chi connectivity index (χ0v) is 14.6. The molecular formula is C17H27N3O4. The summed E-state index contributed by atoms with van der Waals surface area (Å²) >= 11 is 0. The number of aliphatic carboxylic acids is 1. The Morgan fingerprint density at radius 1 is 1.54 bits per heavy atom. The van der Waals surface area contributed by atoms with Crippen LogP contribution in [0.3, 0.4) is 0 Å². The van der Waals surface area contributed by atoms with Gasteiger partial charge in [0.1, 0.15) is 12.3 Å². The van der Waals surface area contributed by atoms with E-state index in [0.717, 1.165) is 12.8 Å². The Kier molecular flexibility index (Phi) is 6.36. The van der Waals surface area contributed by atoms with Crippen LogP contribution in [-0.4, -0.2) is 52.0 Å². The van der Waals surface area contributed by atoms with Crippen LogP contribution in [-0.2, 0) is 9.59 Å². The van der Waals surface area contributed by atoms with Crippen LogP contribution in [0.15, 0.2) is 16.9 Å². The topological polar surface area (TPSA) is 95.7 Å². The maximum absolute atomic E-state index is 11.7. The fraction of sp³-hybridized carbons (Fsp3) is 0.706. The maximum Gasteiger partial charge on any atom is 0.320 e. The molecule has 1 amide bonds. The third-order valence-corrected chi connectivity index (χ3v) is 4.76. The Labute approximate surface area is 142 Å². The fourth-order valence-corrected chi connectivity index (χ4v) is 3.59. The first-order chi connectivity index (χ1) is 11.4. The largest absolute Gasteiger partial charge is 0.480 e. The Morgan fingerprint density at radius 2 is 2.29 bits per heavy atom. The molecule has 0 saturated carbocycles. The van der Waals surface area contributed by atoms with E-state index in [1.165, 1.54) is 13.2 Å². The number of carboxylic acids is 1. The summed E-state index contributed by atoms with van der Waals surface area (Å²) in [5.41, 5.74) is 0. The van der Waals surface area contributed by atoms with Gasteiger partial charge in [-0.25, -0.2) is 4.98 Å². The molecule has 2 N–H and O–H groups in total. The van der Waals surface area contributed by atoms with E-state index in [9.17, 15) is 14.7 Å². The molecule has 1 saturated heterocycles. The van der Waals surface area contributed by atoms with Crippen LogP contribution in [0, 0.1) is 5.92 Å². The molecule has 1 aliphatic rings. The maximum atomic E-state index is 11.7. The number of rotatable bonds is 8. The van der Waals surface area contributed by atoms with E-state index in [1.54, 1.807) is 6.20 Å². The van der Waals surface area contributed by atoms with E-state index in [-0.39, 0.29) is 23.8 Å². The third kappa shape index (κ3) is 4.56. The molecule has 0 aromatic carbocycles. The second-order valence-electron chi connectivity index (χ2n) is 6.65. The number of carbonyl (C=O) groups excluding carboxylic acids is 1. The molecule has 0 spiro atoms. The minimum Gasteiger partial charge on any atom is -0.480 e. The van der Waals surface area contributed by atoms with Crippen molar-refractivity contribution in [1.82, 2.24) is 15.2 Å². The van der Waals surface area contributed by atoms with Crippen LogP contribution in [0.2, 0.25) is 0 Å². The zero-order chi connectivity index (χ0) is 17.7. The van der Waals surface area contributed by atoms with Crippen molar-refractivity contribution in [3.05, 3.63) is 18.4 Å². The van der Waals surface area contributed by atoms with E-state index >= 15 is 0 Å². The second kappa shape index (κ2) is 8.28. The van der Waals surface area contributed by atoms with Crippen molar-refractivity contribution in [3.63, 3.8) is 0 Å². The first-order valence-electron chi connectivity index (χ1n) is 8.55. The highest BCUT2D eigenvalue weighted by Crippen LogP contribution is 2.32. The standard InChI is InChI=1S/C17H27N3O4/c1-4-5-13(11(2)19-12(3)21)9-20-10-14(8-15(20)17(22)23)16-18-6-7-24-16/h6-7,11,13-15H,4-5,8-10H2,1-3H3,(H,19,21)(H,22,23)/t11?,13-,14?,15?/m0/s1. The van der Waals surface area contributed by atoms with Crippen LogP contribution >= 0.6 is 0 Å². The lowest BCUT2D eigenvalue weighted by Crippen LogP contribution is -2.45. The SMILES string of the molecule is CCC[C@@H](CN1CC(c2ncco2)CC1C(=O)O)C(C)NC(C)=O. The Balaban J connectivity index is 2.08. The van der Waals surface area contributed by atoms with Crippen molar-refractivity contribution in [3.8, 4) is 0 Å².